The molecule has 1 unspecified atom stereocenters. The van der Waals surface area contributed by atoms with E-state index >= 15 is 0 Å². The monoisotopic (exact) mass is 312 g/mol. The number of carbonyl (C=O) groups is 1. The molecule has 98 valence electrons. The van der Waals surface area contributed by atoms with Crippen LogP contribution in [0.1, 0.15) is 12.8 Å². The smallest absolute Gasteiger partial charge is 0.260 e. The second-order valence-corrected chi connectivity index (χ2v) is 5.40. The van der Waals surface area contributed by atoms with E-state index in [1.807, 2.05) is 24.3 Å². The number of nitrogens with two attached hydrogens (primary N) is 1. The van der Waals surface area contributed by atoms with E-state index in [9.17, 15) is 4.79 Å². The number of nitrogens with zero attached hydrogens (tertiary/aromatic N) is 1. The second kappa shape index (κ2) is 6.20. The zero-order valence-electron chi connectivity index (χ0n) is 10.1. The Morgan fingerprint density at radius 3 is 2.83 bits per heavy atom. The molecular weight excluding hydrogens is 296 g/mol. The van der Waals surface area contributed by atoms with Gasteiger partial charge in [0.05, 0.1) is 0 Å². The lowest BCUT2D eigenvalue weighted by molar-refractivity contribution is -0.134. The third-order valence-electron chi connectivity index (χ3n) is 2.99. The summed E-state index contributed by atoms with van der Waals surface area (Å²) in [4.78, 5) is 13.7. The van der Waals surface area contributed by atoms with Crippen molar-refractivity contribution in [3.05, 3.63) is 28.7 Å². The summed E-state index contributed by atoms with van der Waals surface area (Å²) in [5.74, 6) is 0.709. The van der Waals surface area contributed by atoms with Gasteiger partial charge in [-0.1, -0.05) is 15.9 Å². The average molecular weight is 313 g/mol. The van der Waals surface area contributed by atoms with Crippen molar-refractivity contribution < 1.29 is 9.53 Å². The molecule has 0 saturated carbocycles. The summed E-state index contributed by atoms with van der Waals surface area (Å²) < 4.78 is 6.45. The van der Waals surface area contributed by atoms with Crippen molar-refractivity contribution in [3.63, 3.8) is 0 Å². The molecule has 1 aromatic carbocycles. The van der Waals surface area contributed by atoms with E-state index < -0.39 is 0 Å². The van der Waals surface area contributed by atoms with Crippen LogP contribution >= 0.6 is 15.9 Å². The fraction of sp³-hybridized carbons (Fsp3) is 0.462. The molecule has 18 heavy (non-hydrogen) atoms. The zero-order chi connectivity index (χ0) is 13.0. The van der Waals surface area contributed by atoms with Crippen LogP contribution in [-0.2, 0) is 4.79 Å². The molecular formula is C13H17BrN2O2. The average Bonchev–Trinajstić information content (AvgIpc) is 2.38. The van der Waals surface area contributed by atoms with Gasteiger partial charge in [-0.05, 0) is 37.1 Å². The fourth-order valence-corrected chi connectivity index (χ4v) is 2.27. The molecule has 1 saturated heterocycles. The van der Waals surface area contributed by atoms with Gasteiger partial charge in [0.15, 0.2) is 6.61 Å². The van der Waals surface area contributed by atoms with Gasteiger partial charge in [0.1, 0.15) is 5.75 Å². The SMILES string of the molecule is NC1CCCN(C(=O)COc2ccc(Br)cc2)C1. The highest BCUT2D eigenvalue weighted by Gasteiger charge is 2.21. The van der Waals surface area contributed by atoms with Crippen LogP contribution in [0.2, 0.25) is 0 Å². The van der Waals surface area contributed by atoms with Gasteiger partial charge in [-0.3, -0.25) is 4.79 Å². The maximum Gasteiger partial charge on any atom is 0.260 e. The number of amides is 1. The van der Waals surface area contributed by atoms with Gasteiger partial charge in [-0.2, -0.15) is 0 Å². The summed E-state index contributed by atoms with van der Waals surface area (Å²) in [6.07, 6.45) is 1.97. The summed E-state index contributed by atoms with van der Waals surface area (Å²) in [6.45, 7) is 1.51. The third kappa shape index (κ3) is 3.71. The number of hydrogen-bond acceptors (Lipinski definition) is 3. The Bertz CT molecular complexity index is 408. The largest absolute Gasteiger partial charge is 0.484 e. The number of carbonyl (C=O) groups excluding carboxylic acids is 1. The minimum atomic E-state index is 0.00747. The molecule has 0 aliphatic carbocycles. The summed E-state index contributed by atoms with van der Waals surface area (Å²) in [5.41, 5.74) is 5.85. The lowest BCUT2D eigenvalue weighted by Gasteiger charge is -2.30. The molecule has 1 atom stereocenters. The molecule has 4 nitrogen and oxygen atoms in total. The molecule has 0 radical (unpaired) electrons. The van der Waals surface area contributed by atoms with E-state index in [1.54, 1.807) is 4.90 Å². The number of rotatable bonds is 3. The number of benzene rings is 1. The molecule has 0 aromatic heterocycles. The summed E-state index contributed by atoms with van der Waals surface area (Å²) in [6, 6.07) is 7.54. The summed E-state index contributed by atoms with van der Waals surface area (Å²) in [7, 11) is 0. The van der Waals surface area contributed by atoms with Gasteiger partial charge in [0.25, 0.3) is 5.91 Å². The standard InChI is InChI=1S/C13H17BrN2O2/c14-10-3-5-12(6-4-10)18-9-13(17)16-7-1-2-11(15)8-16/h3-6,11H,1-2,7-9,15H2. The quantitative estimate of drug-likeness (QED) is 0.925. The Kier molecular flexibility index (Phi) is 4.60. The van der Waals surface area contributed by atoms with Gasteiger partial charge in [0.2, 0.25) is 0 Å². The van der Waals surface area contributed by atoms with E-state index in [1.165, 1.54) is 0 Å². The van der Waals surface area contributed by atoms with Crippen molar-refractivity contribution in [2.75, 3.05) is 19.7 Å². The van der Waals surface area contributed by atoms with E-state index in [0.717, 1.165) is 23.9 Å². The molecule has 1 fully saturated rings. The lowest BCUT2D eigenvalue weighted by Crippen LogP contribution is -2.47. The van der Waals surface area contributed by atoms with Crippen molar-refractivity contribution in [2.45, 2.75) is 18.9 Å². The van der Waals surface area contributed by atoms with Crippen LogP contribution in [0.15, 0.2) is 28.7 Å². The first-order valence-electron chi connectivity index (χ1n) is 6.07. The number of halogens is 1. The first-order valence-corrected chi connectivity index (χ1v) is 6.86. The van der Waals surface area contributed by atoms with E-state index in [4.69, 9.17) is 10.5 Å². The number of ether oxygens (including phenoxy) is 1. The van der Waals surface area contributed by atoms with Crippen LogP contribution < -0.4 is 10.5 Å². The number of hydrogen-bond donors (Lipinski definition) is 1. The van der Waals surface area contributed by atoms with Crippen LogP contribution in [0.5, 0.6) is 5.75 Å². The lowest BCUT2D eigenvalue weighted by atomic mass is 10.1. The van der Waals surface area contributed by atoms with Crippen LogP contribution in [-0.4, -0.2) is 36.5 Å². The van der Waals surface area contributed by atoms with Crippen molar-refractivity contribution in [2.24, 2.45) is 5.73 Å². The highest BCUT2D eigenvalue weighted by molar-refractivity contribution is 9.10. The molecule has 1 amide bonds. The van der Waals surface area contributed by atoms with Crippen LogP contribution in [0.25, 0.3) is 0 Å². The van der Waals surface area contributed by atoms with Gasteiger partial charge in [-0.25, -0.2) is 0 Å². The molecule has 1 aliphatic heterocycles. The Hall–Kier alpha value is -1.07. The van der Waals surface area contributed by atoms with Gasteiger partial charge in [-0.15, -0.1) is 0 Å². The van der Waals surface area contributed by atoms with E-state index in [2.05, 4.69) is 15.9 Å². The highest BCUT2D eigenvalue weighted by atomic mass is 79.9. The van der Waals surface area contributed by atoms with Crippen molar-refractivity contribution in [3.8, 4) is 5.75 Å². The minimum absolute atomic E-state index is 0.00747. The molecule has 1 aromatic rings. The van der Waals surface area contributed by atoms with Crippen LogP contribution in [0.4, 0.5) is 0 Å². The van der Waals surface area contributed by atoms with E-state index in [0.29, 0.717) is 12.3 Å². The molecule has 0 bridgehead atoms. The van der Waals surface area contributed by atoms with Gasteiger partial charge >= 0.3 is 0 Å². The first kappa shape index (κ1) is 13.4. The molecule has 5 heteroatoms. The Labute approximate surface area is 115 Å². The molecule has 2 rings (SSSR count). The topological polar surface area (TPSA) is 55.6 Å². The Morgan fingerprint density at radius 1 is 1.44 bits per heavy atom. The van der Waals surface area contributed by atoms with Crippen molar-refractivity contribution in [1.29, 1.82) is 0 Å². The number of piperidine rings is 1. The van der Waals surface area contributed by atoms with Crippen LogP contribution in [0.3, 0.4) is 0 Å². The Morgan fingerprint density at radius 2 is 2.17 bits per heavy atom. The van der Waals surface area contributed by atoms with E-state index in [-0.39, 0.29) is 18.6 Å². The normalized spacial score (nSPS) is 19.7. The summed E-state index contributed by atoms with van der Waals surface area (Å²) >= 11 is 3.35. The van der Waals surface area contributed by atoms with Gasteiger partial charge in [0, 0.05) is 23.6 Å². The fourth-order valence-electron chi connectivity index (χ4n) is 2.00. The predicted octanol–water partition coefficient (Wildman–Crippen LogP) is 1.78. The maximum absolute atomic E-state index is 11.9. The zero-order valence-corrected chi connectivity index (χ0v) is 11.7. The maximum atomic E-state index is 11.9. The predicted molar refractivity (Wildman–Crippen MR) is 73.4 cm³/mol. The second-order valence-electron chi connectivity index (χ2n) is 4.48. The molecule has 2 N–H and O–H groups in total. The van der Waals surface area contributed by atoms with Crippen LogP contribution in [0, 0.1) is 0 Å². The van der Waals surface area contributed by atoms with Crippen molar-refractivity contribution in [1.82, 2.24) is 4.90 Å². The highest BCUT2D eigenvalue weighted by Crippen LogP contribution is 2.16. The molecule has 0 spiro atoms. The first-order chi connectivity index (χ1) is 8.65. The molecule has 1 aliphatic rings. The minimum Gasteiger partial charge on any atom is -0.484 e. The summed E-state index contributed by atoms with van der Waals surface area (Å²) in [5, 5.41) is 0. The third-order valence-corrected chi connectivity index (χ3v) is 3.52. The molecule has 1 heterocycles. The number of likely N-dealkylation sites (tertiary alicyclic amines) is 1. The Balaban J connectivity index is 1.82. The van der Waals surface area contributed by atoms with Crippen molar-refractivity contribution >= 4 is 21.8 Å². The van der Waals surface area contributed by atoms with Gasteiger partial charge < -0.3 is 15.4 Å².